The summed E-state index contributed by atoms with van der Waals surface area (Å²) in [6.07, 6.45) is 4.96. The van der Waals surface area contributed by atoms with Gasteiger partial charge in [-0.2, -0.15) is 0 Å². The van der Waals surface area contributed by atoms with E-state index in [0.29, 0.717) is 12.1 Å². The highest BCUT2D eigenvalue weighted by atomic mass is 16.5. The number of methoxy groups -OCH3 is 1. The summed E-state index contributed by atoms with van der Waals surface area (Å²) in [4.78, 5) is 4.49. The van der Waals surface area contributed by atoms with Crippen LogP contribution in [0.1, 0.15) is 39.5 Å². The van der Waals surface area contributed by atoms with E-state index in [0.717, 1.165) is 44.7 Å². The summed E-state index contributed by atoms with van der Waals surface area (Å²) >= 11 is 0. The van der Waals surface area contributed by atoms with Gasteiger partial charge >= 0.3 is 0 Å². The molecule has 0 aromatic carbocycles. The minimum atomic E-state index is 0.288. The zero-order chi connectivity index (χ0) is 12.3. The lowest BCUT2D eigenvalue weighted by Gasteiger charge is -2.55. The number of nitrogens with zero attached hydrogens (tertiary/aromatic N) is 1. The summed E-state index contributed by atoms with van der Waals surface area (Å²) in [5.74, 6) is 0.988. The van der Waals surface area contributed by atoms with Crippen LogP contribution in [0.15, 0.2) is 4.99 Å². The molecule has 0 amide bonds. The summed E-state index contributed by atoms with van der Waals surface area (Å²) in [6, 6.07) is 0.506. The first-order valence-corrected chi connectivity index (χ1v) is 6.84. The summed E-state index contributed by atoms with van der Waals surface area (Å²) in [7, 11) is 1.83. The molecule has 17 heavy (non-hydrogen) atoms. The van der Waals surface area contributed by atoms with Crippen molar-refractivity contribution in [3.63, 3.8) is 0 Å². The summed E-state index contributed by atoms with van der Waals surface area (Å²) < 4.78 is 5.60. The summed E-state index contributed by atoms with van der Waals surface area (Å²) in [6.45, 7) is 6.51. The van der Waals surface area contributed by atoms with Crippen molar-refractivity contribution in [3.8, 4) is 0 Å². The number of aliphatic imine (C=N–C) groups is 1. The fraction of sp³-hybridized carbons (Fsp3) is 0.923. The Morgan fingerprint density at radius 3 is 2.76 bits per heavy atom. The molecule has 2 unspecified atom stereocenters. The van der Waals surface area contributed by atoms with Crippen LogP contribution in [-0.2, 0) is 4.74 Å². The van der Waals surface area contributed by atoms with Crippen LogP contribution < -0.4 is 10.6 Å². The molecule has 0 aromatic rings. The van der Waals surface area contributed by atoms with Crippen LogP contribution in [0.5, 0.6) is 0 Å². The number of guanidine groups is 1. The van der Waals surface area contributed by atoms with Crippen molar-refractivity contribution in [2.24, 2.45) is 10.4 Å². The van der Waals surface area contributed by atoms with E-state index in [1.54, 1.807) is 0 Å². The fourth-order valence-corrected chi connectivity index (χ4v) is 3.27. The molecule has 2 N–H and O–H groups in total. The van der Waals surface area contributed by atoms with Gasteiger partial charge in [0, 0.05) is 31.7 Å². The van der Waals surface area contributed by atoms with E-state index in [4.69, 9.17) is 4.74 Å². The Morgan fingerprint density at radius 2 is 2.24 bits per heavy atom. The Balaban J connectivity index is 1.99. The lowest BCUT2D eigenvalue weighted by molar-refractivity contribution is -0.118. The van der Waals surface area contributed by atoms with Crippen molar-refractivity contribution in [1.29, 1.82) is 0 Å². The Labute approximate surface area is 104 Å². The van der Waals surface area contributed by atoms with Gasteiger partial charge in [0.1, 0.15) is 0 Å². The Bertz CT molecular complexity index is 286. The molecule has 1 heterocycles. The Kier molecular flexibility index (Phi) is 3.92. The maximum absolute atomic E-state index is 5.60. The Hall–Kier alpha value is -0.770. The average molecular weight is 239 g/mol. The van der Waals surface area contributed by atoms with Crippen LogP contribution in [0.25, 0.3) is 0 Å². The second kappa shape index (κ2) is 5.25. The van der Waals surface area contributed by atoms with Crippen molar-refractivity contribution in [3.05, 3.63) is 0 Å². The zero-order valence-corrected chi connectivity index (χ0v) is 11.3. The van der Waals surface area contributed by atoms with E-state index in [2.05, 4.69) is 29.5 Å². The topological polar surface area (TPSA) is 45.7 Å². The van der Waals surface area contributed by atoms with Gasteiger partial charge in [-0.15, -0.1) is 0 Å². The maximum Gasteiger partial charge on any atom is 0.191 e. The lowest BCUT2D eigenvalue weighted by atomic mass is 9.58. The van der Waals surface area contributed by atoms with Gasteiger partial charge in [-0.3, -0.25) is 4.99 Å². The molecule has 2 aliphatic rings. The highest BCUT2D eigenvalue weighted by Gasteiger charge is 2.53. The molecule has 0 bridgehead atoms. The molecule has 98 valence electrons. The first-order valence-electron chi connectivity index (χ1n) is 6.84. The SMILES string of the molecule is CCC1(CC)C(NC2=NCCCN2)CC1OC. The van der Waals surface area contributed by atoms with E-state index in [1.807, 2.05) is 7.11 Å². The van der Waals surface area contributed by atoms with Crippen molar-refractivity contribution in [1.82, 2.24) is 10.6 Å². The van der Waals surface area contributed by atoms with Crippen LogP contribution in [0, 0.1) is 5.41 Å². The molecular weight excluding hydrogens is 214 g/mol. The largest absolute Gasteiger partial charge is 0.381 e. The van der Waals surface area contributed by atoms with Crippen LogP contribution in [0.3, 0.4) is 0 Å². The molecule has 2 atom stereocenters. The van der Waals surface area contributed by atoms with Crippen molar-refractivity contribution in [2.45, 2.75) is 51.7 Å². The lowest BCUT2D eigenvalue weighted by Crippen LogP contribution is -2.65. The molecule has 1 fully saturated rings. The minimum absolute atomic E-state index is 0.288. The second-order valence-electron chi connectivity index (χ2n) is 5.11. The summed E-state index contributed by atoms with van der Waals surface area (Å²) in [5.41, 5.74) is 0.288. The van der Waals surface area contributed by atoms with Crippen LogP contribution in [0.2, 0.25) is 0 Å². The van der Waals surface area contributed by atoms with Crippen molar-refractivity contribution >= 4 is 5.96 Å². The molecule has 4 heteroatoms. The van der Waals surface area contributed by atoms with Gasteiger partial charge in [0.25, 0.3) is 0 Å². The number of hydrogen-bond donors (Lipinski definition) is 2. The van der Waals surface area contributed by atoms with Gasteiger partial charge in [-0.05, 0) is 25.7 Å². The molecule has 1 aliphatic heterocycles. The van der Waals surface area contributed by atoms with Gasteiger partial charge in [0.2, 0.25) is 0 Å². The number of hydrogen-bond acceptors (Lipinski definition) is 4. The third-order valence-electron chi connectivity index (χ3n) is 4.59. The molecule has 0 saturated heterocycles. The average Bonchev–Trinajstić information content (AvgIpc) is 2.37. The predicted molar refractivity (Wildman–Crippen MR) is 70.3 cm³/mol. The monoisotopic (exact) mass is 239 g/mol. The van der Waals surface area contributed by atoms with Crippen LogP contribution in [-0.4, -0.2) is 38.3 Å². The van der Waals surface area contributed by atoms with Crippen molar-refractivity contribution < 1.29 is 4.74 Å². The van der Waals surface area contributed by atoms with Gasteiger partial charge in [0.15, 0.2) is 5.96 Å². The molecule has 0 aromatic heterocycles. The molecule has 1 saturated carbocycles. The molecule has 0 radical (unpaired) electrons. The normalized spacial score (nSPS) is 31.1. The third-order valence-corrected chi connectivity index (χ3v) is 4.59. The molecule has 2 rings (SSSR count). The standard InChI is InChI=1S/C13H25N3O/c1-4-13(5-2)10(9-11(13)17-3)16-12-14-7-6-8-15-12/h10-11H,4-9H2,1-3H3,(H2,14,15,16). The number of ether oxygens (including phenoxy) is 1. The summed E-state index contributed by atoms with van der Waals surface area (Å²) in [5, 5.41) is 6.91. The quantitative estimate of drug-likeness (QED) is 0.782. The molecule has 4 nitrogen and oxygen atoms in total. The highest BCUT2D eigenvalue weighted by Crippen LogP contribution is 2.48. The Morgan fingerprint density at radius 1 is 1.47 bits per heavy atom. The van der Waals surface area contributed by atoms with Crippen LogP contribution in [0.4, 0.5) is 0 Å². The zero-order valence-electron chi connectivity index (χ0n) is 11.3. The number of rotatable bonds is 4. The predicted octanol–water partition coefficient (Wildman–Crippen LogP) is 1.52. The highest BCUT2D eigenvalue weighted by molar-refractivity contribution is 5.80. The van der Waals surface area contributed by atoms with Crippen LogP contribution >= 0.6 is 0 Å². The first-order chi connectivity index (χ1) is 8.26. The molecular formula is C13H25N3O. The van der Waals surface area contributed by atoms with Gasteiger partial charge in [-0.1, -0.05) is 13.8 Å². The maximum atomic E-state index is 5.60. The van der Waals surface area contributed by atoms with Gasteiger partial charge in [-0.25, -0.2) is 0 Å². The smallest absolute Gasteiger partial charge is 0.191 e. The first kappa shape index (κ1) is 12.7. The molecule has 0 spiro atoms. The number of nitrogens with one attached hydrogen (secondary N) is 2. The van der Waals surface area contributed by atoms with E-state index < -0.39 is 0 Å². The fourth-order valence-electron chi connectivity index (χ4n) is 3.27. The van der Waals surface area contributed by atoms with E-state index in [1.165, 1.54) is 0 Å². The van der Waals surface area contributed by atoms with Gasteiger partial charge < -0.3 is 15.4 Å². The third kappa shape index (κ3) is 2.15. The second-order valence-corrected chi connectivity index (χ2v) is 5.11. The molecule has 1 aliphatic carbocycles. The van der Waals surface area contributed by atoms with E-state index in [9.17, 15) is 0 Å². The van der Waals surface area contributed by atoms with E-state index in [-0.39, 0.29) is 5.41 Å². The minimum Gasteiger partial charge on any atom is -0.381 e. The van der Waals surface area contributed by atoms with Gasteiger partial charge in [0.05, 0.1) is 6.10 Å². The van der Waals surface area contributed by atoms with E-state index >= 15 is 0 Å². The van der Waals surface area contributed by atoms with Crippen molar-refractivity contribution in [2.75, 3.05) is 20.2 Å².